The van der Waals surface area contributed by atoms with Crippen molar-refractivity contribution in [1.29, 1.82) is 0 Å². The summed E-state index contributed by atoms with van der Waals surface area (Å²) in [4.78, 5) is 22.9. The van der Waals surface area contributed by atoms with Crippen molar-refractivity contribution in [1.82, 2.24) is 10.6 Å². The van der Waals surface area contributed by atoms with Gasteiger partial charge in [0.2, 0.25) is 5.91 Å². The monoisotopic (exact) mass is 313 g/mol. The van der Waals surface area contributed by atoms with Gasteiger partial charge in [0.05, 0.1) is 0 Å². The van der Waals surface area contributed by atoms with Gasteiger partial charge in [-0.25, -0.2) is 4.79 Å². The van der Waals surface area contributed by atoms with Gasteiger partial charge in [0.25, 0.3) is 0 Å². The van der Waals surface area contributed by atoms with Gasteiger partial charge in [-0.3, -0.25) is 10.1 Å². The summed E-state index contributed by atoms with van der Waals surface area (Å²) in [6.07, 6.45) is 0. The number of rotatable bonds is 4. The van der Waals surface area contributed by atoms with Crippen LogP contribution in [0.4, 0.5) is 10.5 Å². The maximum absolute atomic E-state index is 11.7. The zero-order valence-corrected chi connectivity index (χ0v) is 11.9. The molecule has 1 aromatic rings. The van der Waals surface area contributed by atoms with Crippen LogP contribution < -0.4 is 16.0 Å². The highest BCUT2D eigenvalue weighted by Crippen LogP contribution is 2.16. The second-order valence-corrected chi connectivity index (χ2v) is 4.64. The van der Waals surface area contributed by atoms with Crippen molar-refractivity contribution in [3.63, 3.8) is 0 Å². The van der Waals surface area contributed by atoms with Gasteiger partial charge in [0.15, 0.2) is 0 Å². The van der Waals surface area contributed by atoms with Crippen molar-refractivity contribution in [2.75, 3.05) is 11.9 Å². The summed E-state index contributed by atoms with van der Waals surface area (Å²) >= 11 is 3.35. The van der Waals surface area contributed by atoms with Crippen LogP contribution in [0.25, 0.3) is 0 Å². The summed E-state index contributed by atoms with van der Waals surface area (Å²) in [7, 11) is 0. The molecule has 3 N–H and O–H groups in total. The Labute approximate surface area is 114 Å². The molecule has 0 fully saturated rings. The molecule has 1 atom stereocenters. The average Bonchev–Trinajstić information content (AvgIpc) is 2.29. The number of anilines is 1. The van der Waals surface area contributed by atoms with E-state index in [4.69, 9.17) is 0 Å². The van der Waals surface area contributed by atoms with Crippen LogP contribution in [0.2, 0.25) is 0 Å². The van der Waals surface area contributed by atoms with E-state index in [9.17, 15) is 9.59 Å². The molecule has 6 heteroatoms. The topological polar surface area (TPSA) is 70.2 Å². The highest BCUT2D eigenvalue weighted by molar-refractivity contribution is 9.10. The molecule has 18 heavy (non-hydrogen) atoms. The second-order valence-electron chi connectivity index (χ2n) is 3.73. The first kappa shape index (κ1) is 14.5. The number of hydrogen-bond donors (Lipinski definition) is 3. The molecule has 1 aromatic carbocycles. The lowest BCUT2D eigenvalue weighted by Gasteiger charge is -2.14. The first-order valence-corrected chi connectivity index (χ1v) is 6.43. The first-order valence-electron chi connectivity index (χ1n) is 5.63. The van der Waals surface area contributed by atoms with E-state index in [0.717, 1.165) is 10.2 Å². The third-order valence-electron chi connectivity index (χ3n) is 2.18. The minimum absolute atomic E-state index is 0.374. The number of imide groups is 1. The Kier molecular flexibility index (Phi) is 5.64. The Balaban J connectivity index is 2.52. The fourth-order valence-corrected chi connectivity index (χ4v) is 1.72. The molecule has 0 spiro atoms. The molecule has 5 nitrogen and oxygen atoms in total. The minimum Gasteiger partial charge on any atom is -0.374 e. The molecule has 0 aliphatic carbocycles. The van der Waals surface area contributed by atoms with Gasteiger partial charge in [0, 0.05) is 16.7 Å². The van der Waals surface area contributed by atoms with Crippen molar-refractivity contribution >= 4 is 33.6 Å². The van der Waals surface area contributed by atoms with Gasteiger partial charge in [-0.1, -0.05) is 22.0 Å². The second kappa shape index (κ2) is 7.00. The Bertz CT molecular complexity index is 437. The van der Waals surface area contributed by atoms with Gasteiger partial charge in [-0.15, -0.1) is 0 Å². The average molecular weight is 314 g/mol. The molecule has 0 heterocycles. The molecule has 0 aliphatic heterocycles. The largest absolute Gasteiger partial charge is 0.374 e. The number of benzene rings is 1. The minimum atomic E-state index is -0.498. The molecule has 98 valence electrons. The van der Waals surface area contributed by atoms with Gasteiger partial charge in [-0.05, 0) is 32.0 Å². The van der Waals surface area contributed by atoms with Crippen molar-refractivity contribution in [3.05, 3.63) is 28.7 Å². The number of carbonyl (C=O) groups excluding carboxylic acids is 2. The van der Waals surface area contributed by atoms with Crippen LogP contribution in [-0.4, -0.2) is 24.5 Å². The van der Waals surface area contributed by atoms with Crippen LogP contribution in [0, 0.1) is 0 Å². The van der Waals surface area contributed by atoms with E-state index in [1.54, 1.807) is 13.8 Å². The van der Waals surface area contributed by atoms with Crippen molar-refractivity contribution < 1.29 is 9.59 Å². The maximum atomic E-state index is 11.7. The Hall–Kier alpha value is -1.56. The van der Waals surface area contributed by atoms with Gasteiger partial charge in [0.1, 0.15) is 6.04 Å². The number of hydrogen-bond acceptors (Lipinski definition) is 3. The smallest absolute Gasteiger partial charge is 0.321 e. The fraction of sp³-hybridized carbons (Fsp3) is 0.333. The zero-order valence-electron chi connectivity index (χ0n) is 10.3. The quantitative estimate of drug-likeness (QED) is 0.797. The predicted octanol–water partition coefficient (Wildman–Crippen LogP) is 2.10. The third kappa shape index (κ3) is 4.75. The SMILES string of the molecule is CCNC(=O)NC(=O)C(C)Nc1cccc(Br)c1. The third-order valence-corrected chi connectivity index (χ3v) is 2.67. The normalized spacial score (nSPS) is 11.5. The Morgan fingerprint density at radius 2 is 2.11 bits per heavy atom. The van der Waals surface area contributed by atoms with Crippen LogP contribution in [0.15, 0.2) is 28.7 Å². The molecular weight excluding hydrogens is 298 g/mol. The number of nitrogens with one attached hydrogen (secondary N) is 3. The predicted molar refractivity (Wildman–Crippen MR) is 74.4 cm³/mol. The lowest BCUT2D eigenvalue weighted by Crippen LogP contribution is -2.45. The van der Waals surface area contributed by atoms with Gasteiger partial charge < -0.3 is 10.6 Å². The van der Waals surface area contributed by atoms with E-state index < -0.39 is 12.1 Å². The van der Waals surface area contributed by atoms with Crippen LogP contribution >= 0.6 is 15.9 Å². The molecule has 1 rings (SSSR count). The molecule has 0 saturated carbocycles. The Morgan fingerprint density at radius 1 is 1.39 bits per heavy atom. The van der Waals surface area contributed by atoms with Crippen LogP contribution in [-0.2, 0) is 4.79 Å². The summed E-state index contributed by atoms with van der Waals surface area (Å²) < 4.78 is 0.920. The zero-order chi connectivity index (χ0) is 13.5. The number of carbonyl (C=O) groups is 2. The number of halogens is 1. The molecule has 0 aliphatic rings. The van der Waals surface area contributed by atoms with Gasteiger partial charge >= 0.3 is 6.03 Å². The van der Waals surface area contributed by atoms with Crippen molar-refractivity contribution in [2.45, 2.75) is 19.9 Å². The standard InChI is InChI=1S/C12H16BrN3O2/c1-3-14-12(18)16-11(17)8(2)15-10-6-4-5-9(13)7-10/h4-8,15H,3H2,1-2H3,(H2,14,16,17,18). The van der Waals surface area contributed by atoms with Crippen molar-refractivity contribution in [2.24, 2.45) is 0 Å². The van der Waals surface area contributed by atoms with Gasteiger partial charge in [-0.2, -0.15) is 0 Å². The maximum Gasteiger partial charge on any atom is 0.321 e. The molecule has 0 radical (unpaired) electrons. The first-order chi connectivity index (χ1) is 8.52. The fourth-order valence-electron chi connectivity index (χ4n) is 1.32. The highest BCUT2D eigenvalue weighted by atomic mass is 79.9. The van der Waals surface area contributed by atoms with Crippen LogP contribution in [0.1, 0.15) is 13.8 Å². The molecular formula is C12H16BrN3O2. The molecule has 0 bridgehead atoms. The molecule has 0 saturated heterocycles. The highest BCUT2D eigenvalue weighted by Gasteiger charge is 2.14. The van der Waals surface area contributed by atoms with Crippen LogP contribution in [0.5, 0.6) is 0 Å². The van der Waals surface area contributed by atoms with E-state index in [-0.39, 0.29) is 5.91 Å². The van der Waals surface area contributed by atoms with E-state index >= 15 is 0 Å². The van der Waals surface area contributed by atoms with E-state index in [2.05, 4.69) is 31.9 Å². The molecule has 1 unspecified atom stereocenters. The lowest BCUT2D eigenvalue weighted by atomic mass is 10.2. The summed E-state index contributed by atoms with van der Waals surface area (Å²) in [5, 5.41) is 7.76. The molecule has 0 aromatic heterocycles. The lowest BCUT2D eigenvalue weighted by molar-refractivity contribution is -0.120. The van der Waals surface area contributed by atoms with E-state index in [1.807, 2.05) is 24.3 Å². The van der Waals surface area contributed by atoms with Crippen molar-refractivity contribution in [3.8, 4) is 0 Å². The van der Waals surface area contributed by atoms with E-state index in [1.165, 1.54) is 0 Å². The van der Waals surface area contributed by atoms with Crippen LogP contribution in [0.3, 0.4) is 0 Å². The summed E-state index contributed by atoms with van der Waals surface area (Å²) in [6.45, 7) is 3.95. The summed E-state index contributed by atoms with van der Waals surface area (Å²) in [5.41, 5.74) is 0.808. The number of amides is 3. The summed E-state index contributed by atoms with van der Waals surface area (Å²) in [6, 6.07) is 6.48. The van der Waals surface area contributed by atoms with E-state index in [0.29, 0.717) is 6.54 Å². The number of urea groups is 1. The Morgan fingerprint density at radius 3 is 2.72 bits per heavy atom. The summed E-state index contributed by atoms with van der Waals surface area (Å²) in [5.74, 6) is -0.374. The molecule has 3 amide bonds.